The number of alkyl halides is 3. The fourth-order valence-corrected chi connectivity index (χ4v) is 1.20. The van der Waals surface area contributed by atoms with Gasteiger partial charge in [-0.15, -0.1) is 0 Å². The van der Waals surface area contributed by atoms with Crippen LogP contribution in [0.2, 0.25) is 0 Å². The number of hydrogen-bond acceptors (Lipinski definition) is 3. The number of rotatable bonds is 5. The normalized spacial score (nSPS) is 15.9. The summed E-state index contributed by atoms with van der Waals surface area (Å²) in [5, 5.41) is 2.67. The average molecular weight is 227 g/mol. The minimum atomic E-state index is -4.18. The Morgan fingerprint density at radius 1 is 1.33 bits per heavy atom. The van der Waals surface area contributed by atoms with Crippen molar-refractivity contribution in [2.45, 2.75) is 37.9 Å². The summed E-state index contributed by atoms with van der Waals surface area (Å²) in [6.07, 6.45) is -5.07. The van der Waals surface area contributed by atoms with Gasteiger partial charge in [0.1, 0.15) is 5.54 Å². The topological polar surface area (TPSA) is 38.3 Å². The second-order valence-corrected chi connectivity index (χ2v) is 3.54. The molecule has 0 aliphatic carbocycles. The van der Waals surface area contributed by atoms with Crippen molar-refractivity contribution in [2.75, 3.05) is 14.2 Å². The van der Waals surface area contributed by atoms with Crippen molar-refractivity contribution in [2.24, 2.45) is 0 Å². The molecule has 1 atom stereocenters. The third-order valence-corrected chi connectivity index (χ3v) is 2.32. The lowest BCUT2D eigenvalue weighted by Crippen LogP contribution is -2.48. The molecule has 0 spiro atoms. The molecule has 0 saturated carbocycles. The van der Waals surface area contributed by atoms with Gasteiger partial charge in [0.2, 0.25) is 0 Å². The van der Waals surface area contributed by atoms with Crippen LogP contribution in [0.15, 0.2) is 0 Å². The van der Waals surface area contributed by atoms with E-state index >= 15 is 0 Å². The lowest BCUT2D eigenvalue weighted by molar-refractivity contribution is -0.150. The van der Waals surface area contributed by atoms with Crippen LogP contribution in [-0.2, 0) is 9.53 Å². The predicted molar refractivity (Wildman–Crippen MR) is 49.4 cm³/mol. The Kier molecular flexibility index (Phi) is 5.07. The van der Waals surface area contributed by atoms with Gasteiger partial charge in [-0.05, 0) is 26.8 Å². The highest BCUT2D eigenvalue weighted by atomic mass is 19.4. The van der Waals surface area contributed by atoms with Gasteiger partial charge in [-0.25, -0.2) is 0 Å². The van der Waals surface area contributed by atoms with E-state index in [1.54, 1.807) is 0 Å². The Morgan fingerprint density at radius 3 is 2.20 bits per heavy atom. The summed E-state index contributed by atoms with van der Waals surface area (Å²) < 4.78 is 40.1. The summed E-state index contributed by atoms with van der Waals surface area (Å²) in [6, 6.07) is 0. The Labute approximate surface area is 87.0 Å². The van der Waals surface area contributed by atoms with Gasteiger partial charge in [-0.2, -0.15) is 13.2 Å². The largest absolute Gasteiger partial charge is 0.468 e. The SMILES string of the molecule is CNC(C)(CCCC(F)(F)F)C(=O)OC. The summed E-state index contributed by atoms with van der Waals surface area (Å²) in [4.78, 5) is 11.3. The van der Waals surface area contributed by atoms with Crippen molar-refractivity contribution in [1.82, 2.24) is 5.32 Å². The molecule has 1 N–H and O–H groups in total. The number of carbonyl (C=O) groups is 1. The molecule has 0 radical (unpaired) electrons. The van der Waals surface area contributed by atoms with Gasteiger partial charge in [-0.1, -0.05) is 0 Å². The van der Waals surface area contributed by atoms with Crippen LogP contribution in [0.4, 0.5) is 13.2 Å². The summed E-state index contributed by atoms with van der Waals surface area (Å²) in [7, 11) is 2.73. The van der Waals surface area contributed by atoms with Gasteiger partial charge in [0.05, 0.1) is 7.11 Å². The van der Waals surface area contributed by atoms with Crippen LogP contribution in [0.5, 0.6) is 0 Å². The van der Waals surface area contributed by atoms with Crippen LogP contribution in [-0.4, -0.2) is 31.8 Å². The molecule has 15 heavy (non-hydrogen) atoms. The maximum atomic E-state index is 11.9. The highest BCUT2D eigenvalue weighted by Gasteiger charge is 2.34. The molecule has 0 aliphatic heterocycles. The van der Waals surface area contributed by atoms with Crippen molar-refractivity contribution < 1.29 is 22.7 Å². The Balaban J connectivity index is 4.16. The molecule has 0 aromatic carbocycles. The van der Waals surface area contributed by atoms with Crippen LogP contribution in [0.1, 0.15) is 26.2 Å². The second kappa shape index (κ2) is 5.34. The molecule has 0 bridgehead atoms. The van der Waals surface area contributed by atoms with Gasteiger partial charge in [0.25, 0.3) is 0 Å². The molecule has 0 saturated heterocycles. The van der Waals surface area contributed by atoms with E-state index in [0.717, 1.165) is 0 Å². The molecule has 3 nitrogen and oxygen atoms in total. The van der Waals surface area contributed by atoms with E-state index in [9.17, 15) is 18.0 Å². The minimum absolute atomic E-state index is 0.0929. The molecule has 90 valence electrons. The number of halogens is 3. The molecular weight excluding hydrogens is 211 g/mol. The van der Waals surface area contributed by atoms with Gasteiger partial charge >= 0.3 is 12.1 Å². The van der Waals surface area contributed by atoms with Gasteiger partial charge < -0.3 is 10.1 Å². The highest BCUT2D eigenvalue weighted by molar-refractivity contribution is 5.80. The third kappa shape index (κ3) is 5.01. The van der Waals surface area contributed by atoms with Crippen molar-refractivity contribution in [1.29, 1.82) is 0 Å². The number of hydrogen-bond donors (Lipinski definition) is 1. The zero-order valence-corrected chi connectivity index (χ0v) is 9.07. The van der Waals surface area contributed by atoms with Crippen LogP contribution < -0.4 is 5.32 Å². The first kappa shape index (κ1) is 14.2. The molecular formula is C9H16F3NO2. The van der Waals surface area contributed by atoms with Crippen molar-refractivity contribution in [3.8, 4) is 0 Å². The first-order valence-corrected chi connectivity index (χ1v) is 4.59. The third-order valence-electron chi connectivity index (χ3n) is 2.32. The zero-order valence-electron chi connectivity index (χ0n) is 9.07. The van der Waals surface area contributed by atoms with E-state index in [1.165, 1.54) is 21.1 Å². The summed E-state index contributed by atoms with van der Waals surface area (Å²) in [6.45, 7) is 1.52. The maximum absolute atomic E-state index is 11.9. The summed E-state index contributed by atoms with van der Waals surface area (Å²) in [5.74, 6) is -0.549. The molecule has 6 heteroatoms. The van der Waals surface area contributed by atoms with Crippen molar-refractivity contribution in [3.05, 3.63) is 0 Å². The zero-order chi connectivity index (χ0) is 12.1. The quantitative estimate of drug-likeness (QED) is 0.729. The van der Waals surface area contributed by atoms with Gasteiger partial charge in [0.15, 0.2) is 0 Å². The fraction of sp³-hybridized carbons (Fsp3) is 0.889. The molecule has 0 rings (SSSR count). The van der Waals surface area contributed by atoms with Gasteiger partial charge in [-0.3, -0.25) is 4.79 Å². The van der Waals surface area contributed by atoms with E-state index < -0.39 is 24.1 Å². The maximum Gasteiger partial charge on any atom is 0.389 e. The smallest absolute Gasteiger partial charge is 0.389 e. The fourth-order valence-electron chi connectivity index (χ4n) is 1.20. The number of methoxy groups -OCH3 is 1. The van der Waals surface area contributed by atoms with Crippen LogP contribution in [0.3, 0.4) is 0 Å². The highest BCUT2D eigenvalue weighted by Crippen LogP contribution is 2.25. The molecule has 0 amide bonds. The average Bonchev–Trinajstić information content (AvgIpc) is 2.14. The van der Waals surface area contributed by atoms with E-state index in [4.69, 9.17) is 0 Å². The molecule has 0 heterocycles. The molecule has 0 aromatic heterocycles. The Bertz CT molecular complexity index is 218. The molecule has 0 fully saturated rings. The predicted octanol–water partition coefficient (Wildman–Crippen LogP) is 1.87. The Hall–Kier alpha value is -0.780. The van der Waals surface area contributed by atoms with E-state index in [1.807, 2.05) is 0 Å². The van der Waals surface area contributed by atoms with E-state index in [-0.39, 0.29) is 12.8 Å². The van der Waals surface area contributed by atoms with Crippen LogP contribution in [0.25, 0.3) is 0 Å². The van der Waals surface area contributed by atoms with E-state index in [2.05, 4.69) is 10.1 Å². The molecule has 0 aliphatic rings. The number of nitrogens with one attached hydrogen (secondary N) is 1. The first-order valence-electron chi connectivity index (χ1n) is 4.59. The number of esters is 1. The van der Waals surface area contributed by atoms with Crippen molar-refractivity contribution >= 4 is 5.97 Å². The van der Waals surface area contributed by atoms with Crippen LogP contribution >= 0.6 is 0 Å². The number of likely N-dealkylation sites (N-methyl/N-ethyl adjacent to an activating group) is 1. The second-order valence-electron chi connectivity index (χ2n) is 3.54. The van der Waals surface area contributed by atoms with Crippen molar-refractivity contribution in [3.63, 3.8) is 0 Å². The van der Waals surface area contributed by atoms with Gasteiger partial charge in [0, 0.05) is 6.42 Å². The minimum Gasteiger partial charge on any atom is -0.468 e. The first-order chi connectivity index (χ1) is 6.75. The standard InChI is InChI=1S/C9H16F3NO2/c1-8(13-2,7(14)15-3)5-4-6-9(10,11)12/h13H,4-6H2,1-3H3. The molecule has 0 aromatic rings. The monoisotopic (exact) mass is 227 g/mol. The lowest BCUT2D eigenvalue weighted by Gasteiger charge is -2.26. The number of carbonyl (C=O) groups excluding carboxylic acids is 1. The summed E-state index contributed by atoms with van der Waals surface area (Å²) in [5.41, 5.74) is -1.04. The molecule has 1 unspecified atom stereocenters. The lowest BCUT2D eigenvalue weighted by atomic mass is 9.95. The number of ether oxygens (including phenoxy) is 1. The van der Waals surface area contributed by atoms with Crippen LogP contribution in [0, 0.1) is 0 Å². The van der Waals surface area contributed by atoms with E-state index in [0.29, 0.717) is 0 Å². The Morgan fingerprint density at radius 2 is 1.87 bits per heavy atom. The summed E-state index contributed by atoms with van der Waals surface area (Å²) >= 11 is 0.